The first-order valence-electron chi connectivity index (χ1n) is 5.64. The van der Waals surface area contributed by atoms with Crippen molar-refractivity contribution in [3.63, 3.8) is 0 Å². The quantitative estimate of drug-likeness (QED) is 0.676. The Morgan fingerprint density at radius 1 is 1.20 bits per heavy atom. The number of alkyl halides is 1. The molecule has 0 N–H and O–H groups in total. The van der Waals surface area contributed by atoms with Crippen LogP contribution in [0.4, 0.5) is 0 Å². The summed E-state index contributed by atoms with van der Waals surface area (Å²) < 4.78 is 22.6. The van der Waals surface area contributed by atoms with Gasteiger partial charge in [0.2, 0.25) is 0 Å². The van der Waals surface area contributed by atoms with Crippen molar-refractivity contribution in [1.82, 2.24) is 0 Å². The highest BCUT2D eigenvalue weighted by Gasteiger charge is 2.19. The van der Waals surface area contributed by atoms with E-state index in [-0.39, 0.29) is 5.75 Å². The van der Waals surface area contributed by atoms with Crippen molar-refractivity contribution in [3.05, 3.63) is 0 Å². The van der Waals surface area contributed by atoms with Gasteiger partial charge in [0.25, 0.3) is 0 Å². The molecule has 0 aliphatic heterocycles. The molecule has 0 fully saturated rings. The average Bonchev–Trinajstić information content (AvgIpc) is 2.11. The maximum atomic E-state index is 11.3. The van der Waals surface area contributed by atoms with Gasteiger partial charge in [0, 0.05) is 10.6 Å². The Bertz CT molecular complexity index is 250. The molecular formula is C11H23BrO2S. The van der Waals surface area contributed by atoms with E-state index in [0.717, 1.165) is 12.8 Å². The number of halogens is 1. The Hall–Kier alpha value is 0.430. The molecule has 0 saturated carbocycles. The molecule has 0 radical (unpaired) electrons. The second kappa shape index (κ2) is 6.89. The molecule has 0 aliphatic rings. The predicted molar refractivity (Wildman–Crippen MR) is 70.3 cm³/mol. The van der Waals surface area contributed by atoms with Crippen LogP contribution in [0.15, 0.2) is 0 Å². The summed E-state index contributed by atoms with van der Waals surface area (Å²) in [7, 11) is -2.78. The summed E-state index contributed by atoms with van der Waals surface area (Å²) in [6.07, 6.45) is 1.78. The first-order chi connectivity index (χ1) is 6.80. The molecule has 0 aromatic rings. The van der Waals surface area contributed by atoms with E-state index in [1.54, 1.807) is 6.92 Å². The third-order valence-electron chi connectivity index (χ3n) is 2.88. The average molecular weight is 299 g/mol. The third-order valence-corrected chi connectivity index (χ3v) is 5.35. The molecule has 0 amide bonds. The summed E-state index contributed by atoms with van der Waals surface area (Å²) >= 11 is 3.59. The molecule has 0 aliphatic carbocycles. The summed E-state index contributed by atoms with van der Waals surface area (Å²) in [6, 6.07) is 0. The van der Waals surface area contributed by atoms with Gasteiger partial charge in [-0.25, -0.2) is 8.42 Å². The minimum atomic E-state index is -2.78. The minimum Gasteiger partial charge on any atom is -0.229 e. The zero-order valence-electron chi connectivity index (χ0n) is 10.2. The summed E-state index contributed by atoms with van der Waals surface area (Å²) in [6.45, 7) is 8.23. The molecule has 2 nitrogen and oxygen atoms in total. The highest BCUT2D eigenvalue weighted by atomic mass is 79.9. The summed E-state index contributed by atoms with van der Waals surface area (Å²) in [5.41, 5.74) is 0. The Morgan fingerprint density at radius 2 is 1.73 bits per heavy atom. The van der Waals surface area contributed by atoms with Crippen LogP contribution in [0.1, 0.15) is 40.5 Å². The Balaban J connectivity index is 4.03. The predicted octanol–water partition coefficient (Wildman–Crippen LogP) is 3.26. The molecule has 0 spiro atoms. The minimum absolute atomic E-state index is 0.267. The molecule has 0 aromatic heterocycles. The van der Waals surface area contributed by atoms with Crippen molar-refractivity contribution in [2.75, 3.05) is 11.5 Å². The number of hydrogen-bond donors (Lipinski definition) is 0. The van der Waals surface area contributed by atoms with Crippen molar-refractivity contribution in [2.24, 2.45) is 11.8 Å². The van der Waals surface area contributed by atoms with Gasteiger partial charge >= 0.3 is 0 Å². The molecule has 2 unspecified atom stereocenters. The van der Waals surface area contributed by atoms with E-state index >= 15 is 0 Å². The van der Waals surface area contributed by atoms with Gasteiger partial charge in [-0.3, -0.25) is 0 Å². The summed E-state index contributed by atoms with van der Waals surface area (Å²) in [5, 5.41) is 0. The second-order valence-electron chi connectivity index (χ2n) is 4.46. The van der Waals surface area contributed by atoms with E-state index in [1.165, 1.54) is 0 Å². The molecule has 15 heavy (non-hydrogen) atoms. The van der Waals surface area contributed by atoms with Crippen LogP contribution in [0.5, 0.6) is 0 Å². The second-order valence-corrected chi connectivity index (χ2v) is 8.38. The number of sulfone groups is 1. The lowest BCUT2D eigenvalue weighted by Gasteiger charge is -2.23. The maximum absolute atomic E-state index is 11.3. The van der Waals surface area contributed by atoms with Crippen molar-refractivity contribution in [3.8, 4) is 0 Å². The first-order valence-corrected chi connectivity index (χ1v) is 8.38. The van der Waals surface area contributed by atoms with Crippen LogP contribution < -0.4 is 0 Å². The van der Waals surface area contributed by atoms with Crippen molar-refractivity contribution in [2.45, 2.75) is 45.4 Å². The SMILES string of the molecule is CCS(=O)(=O)CCCC(C(C)C)C(C)Br. The van der Waals surface area contributed by atoms with Gasteiger partial charge in [-0.15, -0.1) is 0 Å². The van der Waals surface area contributed by atoms with Crippen molar-refractivity contribution >= 4 is 25.8 Å². The van der Waals surface area contributed by atoms with Crippen LogP contribution in [0.2, 0.25) is 0 Å². The largest absolute Gasteiger partial charge is 0.229 e. The fraction of sp³-hybridized carbons (Fsp3) is 1.00. The normalized spacial score (nSPS) is 16.7. The molecule has 92 valence electrons. The van der Waals surface area contributed by atoms with E-state index < -0.39 is 9.84 Å². The van der Waals surface area contributed by atoms with Crippen molar-refractivity contribution in [1.29, 1.82) is 0 Å². The maximum Gasteiger partial charge on any atom is 0.150 e. The zero-order valence-corrected chi connectivity index (χ0v) is 12.6. The van der Waals surface area contributed by atoms with Gasteiger partial charge in [-0.05, 0) is 24.7 Å². The molecule has 0 heterocycles. The highest BCUT2D eigenvalue weighted by molar-refractivity contribution is 9.09. The molecule has 0 aromatic carbocycles. The van der Waals surface area contributed by atoms with Crippen LogP contribution in [0, 0.1) is 11.8 Å². The molecule has 0 bridgehead atoms. The molecule has 2 atom stereocenters. The van der Waals surface area contributed by atoms with Gasteiger partial charge < -0.3 is 0 Å². The van der Waals surface area contributed by atoms with Gasteiger partial charge in [-0.2, -0.15) is 0 Å². The Morgan fingerprint density at radius 3 is 2.07 bits per heavy atom. The topological polar surface area (TPSA) is 34.1 Å². The van der Waals surface area contributed by atoms with Crippen LogP contribution >= 0.6 is 15.9 Å². The first kappa shape index (κ1) is 15.4. The summed E-state index contributed by atoms with van der Waals surface area (Å²) in [4.78, 5) is 0.460. The zero-order chi connectivity index (χ0) is 12.1. The Kier molecular flexibility index (Phi) is 7.09. The van der Waals surface area contributed by atoms with Crippen LogP contribution in [0.3, 0.4) is 0 Å². The molecular weight excluding hydrogens is 276 g/mol. The van der Waals surface area contributed by atoms with Gasteiger partial charge in [-0.1, -0.05) is 43.6 Å². The summed E-state index contributed by atoms with van der Waals surface area (Å²) in [5.74, 6) is 1.77. The standard InChI is InChI=1S/C11H23BrO2S/c1-5-15(13,14)8-6-7-11(9(2)3)10(4)12/h9-11H,5-8H2,1-4H3. The van der Waals surface area contributed by atoms with E-state index in [4.69, 9.17) is 0 Å². The van der Waals surface area contributed by atoms with Crippen LogP contribution in [-0.2, 0) is 9.84 Å². The van der Waals surface area contributed by atoms with Crippen LogP contribution in [0.25, 0.3) is 0 Å². The van der Waals surface area contributed by atoms with E-state index in [0.29, 0.717) is 22.4 Å². The van der Waals surface area contributed by atoms with E-state index in [2.05, 4.69) is 36.7 Å². The lowest BCUT2D eigenvalue weighted by molar-refractivity contribution is 0.358. The molecule has 0 saturated heterocycles. The van der Waals surface area contributed by atoms with E-state index in [9.17, 15) is 8.42 Å². The van der Waals surface area contributed by atoms with Gasteiger partial charge in [0.15, 0.2) is 0 Å². The fourth-order valence-electron chi connectivity index (χ4n) is 1.78. The lowest BCUT2D eigenvalue weighted by Crippen LogP contribution is -2.19. The number of hydrogen-bond acceptors (Lipinski definition) is 2. The van der Waals surface area contributed by atoms with Crippen LogP contribution in [-0.4, -0.2) is 24.8 Å². The molecule has 0 rings (SSSR count). The highest BCUT2D eigenvalue weighted by Crippen LogP contribution is 2.26. The molecule has 4 heteroatoms. The third kappa shape index (κ3) is 6.56. The van der Waals surface area contributed by atoms with Crippen molar-refractivity contribution < 1.29 is 8.42 Å². The van der Waals surface area contributed by atoms with E-state index in [1.807, 2.05) is 0 Å². The van der Waals surface area contributed by atoms with Gasteiger partial charge in [0.05, 0.1) is 5.75 Å². The lowest BCUT2D eigenvalue weighted by atomic mass is 9.89. The fourth-order valence-corrected chi connectivity index (χ4v) is 3.55. The number of rotatable bonds is 7. The smallest absolute Gasteiger partial charge is 0.150 e. The Labute approximate surface area is 103 Å². The van der Waals surface area contributed by atoms with Gasteiger partial charge in [0.1, 0.15) is 9.84 Å². The monoisotopic (exact) mass is 298 g/mol.